The van der Waals surface area contributed by atoms with Gasteiger partial charge in [0.1, 0.15) is 0 Å². The molecule has 0 aliphatic carbocycles. The van der Waals surface area contributed by atoms with Gasteiger partial charge < -0.3 is 9.13 Å². The Morgan fingerprint density at radius 3 is 0.971 bits per heavy atom. The minimum atomic E-state index is 1.12. The lowest BCUT2D eigenvalue weighted by molar-refractivity contribution is 1.18. The Hall–Kier alpha value is -8.98. The molecule has 0 radical (unpaired) electrons. The van der Waals surface area contributed by atoms with Crippen LogP contribution < -0.4 is 0 Å². The van der Waals surface area contributed by atoms with Crippen molar-refractivity contribution in [3.8, 4) is 78.1 Å². The van der Waals surface area contributed by atoms with Crippen LogP contribution in [0.5, 0.6) is 0 Å². The largest absolute Gasteiger partial charge is 0.309 e. The lowest BCUT2D eigenvalue weighted by atomic mass is 9.93. The molecule has 318 valence electrons. The van der Waals surface area contributed by atoms with Gasteiger partial charge in [-0.15, -0.1) is 0 Å². The van der Waals surface area contributed by atoms with E-state index in [1.165, 1.54) is 88.2 Å². The monoisotopic (exact) mass is 864 g/mol. The van der Waals surface area contributed by atoms with Crippen molar-refractivity contribution in [3.63, 3.8) is 0 Å². The van der Waals surface area contributed by atoms with Crippen LogP contribution in [-0.2, 0) is 0 Å². The summed E-state index contributed by atoms with van der Waals surface area (Å²) in [6.45, 7) is 0. The fourth-order valence-electron chi connectivity index (χ4n) is 10.6. The second-order valence-electron chi connectivity index (χ2n) is 17.6. The molecule has 2 heteroatoms. The highest BCUT2D eigenvalue weighted by atomic mass is 15.0. The first-order valence-corrected chi connectivity index (χ1v) is 23.4. The molecule has 0 saturated heterocycles. The number of fused-ring (bicyclic) bond motifs is 6. The molecule has 0 unspecified atom stereocenters. The highest BCUT2D eigenvalue weighted by Crippen LogP contribution is 2.47. The van der Waals surface area contributed by atoms with Crippen LogP contribution in [0.4, 0.5) is 0 Å². The summed E-state index contributed by atoms with van der Waals surface area (Å²) in [7, 11) is 0. The number of rotatable bonds is 8. The van der Waals surface area contributed by atoms with Crippen molar-refractivity contribution >= 4 is 43.6 Å². The molecule has 0 saturated carbocycles. The zero-order valence-electron chi connectivity index (χ0n) is 37.3. The summed E-state index contributed by atoms with van der Waals surface area (Å²) in [5, 5.41) is 4.92. The molecule has 13 rings (SSSR count). The quantitative estimate of drug-likeness (QED) is 0.144. The van der Waals surface area contributed by atoms with Gasteiger partial charge in [-0.2, -0.15) is 0 Å². The average Bonchev–Trinajstić information content (AvgIpc) is 3.95. The summed E-state index contributed by atoms with van der Waals surface area (Å²) >= 11 is 0. The zero-order valence-corrected chi connectivity index (χ0v) is 37.3. The Balaban J connectivity index is 1.12. The highest BCUT2D eigenvalue weighted by Gasteiger charge is 2.24. The molecule has 0 amide bonds. The van der Waals surface area contributed by atoms with Gasteiger partial charge in [-0.1, -0.05) is 231 Å². The molecule has 68 heavy (non-hydrogen) atoms. The van der Waals surface area contributed by atoms with Crippen molar-refractivity contribution in [3.05, 3.63) is 267 Å². The Morgan fingerprint density at radius 2 is 0.529 bits per heavy atom. The van der Waals surface area contributed by atoms with E-state index >= 15 is 0 Å². The second kappa shape index (κ2) is 16.5. The van der Waals surface area contributed by atoms with Crippen molar-refractivity contribution in [1.29, 1.82) is 0 Å². The van der Waals surface area contributed by atoms with E-state index in [0.29, 0.717) is 0 Å². The molecular formula is C66H44N2. The molecule has 0 bridgehead atoms. The van der Waals surface area contributed by atoms with Crippen LogP contribution in [0.3, 0.4) is 0 Å². The van der Waals surface area contributed by atoms with E-state index in [9.17, 15) is 0 Å². The number of benzene rings is 11. The first-order chi connectivity index (χ1) is 33.8. The van der Waals surface area contributed by atoms with Gasteiger partial charge in [-0.25, -0.2) is 0 Å². The van der Waals surface area contributed by atoms with Gasteiger partial charge in [-0.3, -0.25) is 0 Å². The molecule has 0 fully saturated rings. The number of hydrogen-bond acceptors (Lipinski definition) is 0. The molecule has 0 aliphatic heterocycles. The highest BCUT2D eigenvalue weighted by molar-refractivity contribution is 6.22. The van der Waals surface area contributed by atoms with Crippen molar-refractivity contribution in [2.75, 3.05) is 0 Å². The van der Waals surface area contributed by atoms with Crippen molar-refractivity contribution < 1.29 is 0 Å². The zero-order chi connectivity index (χ0) is 45.0. The van der Waals surface area contributed by atoms with E-state index < -0.39 is 0 Å². The smallest absolute Gasteiger partial charge is 0.0625 e. The van der Waals surface area contributed by atoms with E-state index in [1.807, 2.05) is 0 Å². The molecule has 2 nitrogen and oxygen atoms in total. The Bertz CT molecular complexity index is 3960. The van der Waals surface area contributed by atoms with E-state index in [-0.39, 0.29) is 0 Å². The molecule has 0 N–H and O–H groups in total. The fourth-order valence-corrected chi connectivity index (χ4v) is 10.6. The van der Waals surface area contributed by atoms with Crippen LogP contribution >= 0.6 is 0 Å². The van der Waals surface area contributed by atoms with Crippen LogP contribution in [0.2, 0.25) is 0 Å². The van der Waals surface area contributed by atoms with Crippen molar-refractivity contribution in [2.24, 2.45) is 0 Å². The van der Waals surface area contributed by atoms with Gasteiger partial charge in [0.05, 0.1) is 22.1 Å². The first kappa shape index (κ1) is 39.4. The van der Waals surface area contributed by atoms with Gasteiger partial charge in [-0.05, 0) is 92.0 Å². The van der Waals surface area contributed by atoms with Crippen LogP contribution in [-0.4, -0.2) is 9.13 Å². The van der Waals surface area contributed by atoms with Crippen LogP contribution in [0.1, 0.15) is 0 Å². The summed E-state index contributed by atoms with van der Waals surface area (Å²) < 4.78 is 5.01. The lowest BCUT2D eigenvalue weighted by Crippen LogP contribution is -1.97. The van der Waals surface area contributed by atoms with Gasteiger partial charge in [0.15, 0.2) is 0 Å². The van der Waals surface area contributed by atoms with E-state index in [1.54, 1.807) is 0 Å². The third kappa shape index (κ3) is 6.57. The summed E-state index contributed by atoms with van der Waals surface area (Å²) in [4.78, 5) is 0. The molecule has 11 aromatic carbocycles. The normalized spacial score (nSPS) is 11.5. The molecule has 0 aliphatic rings. The fraction of sp³-hybridized carbons (Fsp3) is 0. The minimum Gasteiger partial charge on any atom is -0.309 e. The lowest BCUT2D eigenvalue weighted by Gasteiger charge is -2.15. The van der Waals surface area contributed by atoms with E-state index in [2.05, 4.69) is 276 Å². The van der Waals surface area contributed by atoms with Gasteiger partial charge in [0.2, 0.25) is 0 Å². The van der Waals surface area contributed by atoms with Crippen LogP contribution in [0.15, 0.2) is 267 Å². The number of aromatic nitrogens is 2. The number of para-hydroxylation sites is 1. The van der Waals surface area contributed by atoms with Crippen molar-refractivity contribution in [1.82, 2.24) is 9.13 Å². The molecule has 0 spiro atoms. The molecule has 0 atom stereocenters. The maximum Gasteiger partial charge on any atom is 0.0625 e. The van der Waals surface area contributed by atoms with Crippen molar-refractivity contribution in [2.45, 2.75) is 0 Å². The van der Waals surface area contributed by atoms with Crippen LogP contribution in [0.25, 0.3) is 122 Å². The maximum atomic E-state index is 2.52. The van der Waals surface area contributed by atoms with Gasteiger partial charge >= 0.3 is 0 Å². The third-order valence-corrected chi connectivity index (χ3v) is 13.7. The molecule has 2 aromatic heterocycles. The topological polar surface area (TPSA) is 9.86 Å². The maximum absolute atomic E-state index is 2.52. The van der Waals surface area contributed by atoms with E-state index in [4.69, 9.17) is 0 Å². The Morgan fingerprint density at radius 1 is 0.206 bits per heavy atom. The van der Waals surface area contributed by atoms with Gasteiger partial charge in [0.25, 0.3) is 0 Å². The second-order valence-corrected chi connectivity index (χ2v) is 17.6. The average molecular weight is 865 g/mol. The predicted molar refractivity (Wildman–Crippen MR) is 288 cm³/mol. The minimum absolute atomic E-state index is 1.12. The molecular weight excluding hydrogens is 821 g/mol. The number of nitrogens with zero attached hydrogens (tertiary/aromatic N) is 2. The summed E-state index contributed by atoms with van der Waals surface area (Å²) in [5.74, 6) is 0. The Labute approximate surface area is 395 Å². The SMILES string of the molecule is c1ccc(-c2cccc(-n3c4cc(-c5ccc6c7c(-c8ccccc8)ccc(-c8ccccc8)c7n(-c7ccccc7)c6c5)ccc4c4c(-c5ccccc5)ccc(-c5ccccc5)c43)c2)cc1. The van der Waals surface area contributed by atoms with Gasteiger partial charge in [0, 0.05) is 44.0 Å². The number of hydrogen-bond donors (Lipinski definition) is 0. The standard InChI is InChI=1S/C66H44N2/c1-7-20-45(21-8-1)50-30-19-33-54(42-50)68-62-44-52(35-37-60(62)64-56(47-24-11-3-12-25-47)39-41-58(66(64)68)49-28-15-5-16-29-49)51-34-36-59-61(43-51)67(53-31-17-6-18-32-53)65-57(48-26-13-4-14-27-48)40-38-55(63(59)65)46-22-9-2-10-23-46/h1-44H. The first-order valence-electron chi connectivity index (χ1n) is 23.4. The van der Waals surface area contributed by atoms with Crippen LogP contribution in [0, 0.1) is 0 Å². The predicted octanol–water partition coefficient (Wildman–Crippen LogP) is 17.9. The summed E-state index contributed by atoms with van der Waals surface area (Å²) in [6.07, 6.45) is 0. The van der Waals surface area contributed by atoms with E-state index in [0.717, 1.165) is 33.5 Å². The summed E-state index contributed by atoms with van der Waals surface area (Å²) in [5.41, 5.74) is 21.3. The Kier molecular flexibility index (Phi) is 9.54. The molecule has 2 heterocycles. The third-order valence-electron chi connectivity index (χ3n) is 13.7. The summed E-state index contributed by atoms with van der Waals surface area (Å²) in [6, 6.07) is 97.5. The molecule has 13 aromatic rings.